The van der Waals surface area contributed by atoms with Gasteiger partial charge < -0.3 is 9.64 Å². The summed E-state index contributed by atoms with van der Waals surface area (Å²) in [5.74, 6) is -1.22. The van der Waals surface area contributed by atoms with Gasteiger partial charge >= 0.3 is 12.4 Å². The molecule has 0 N–H and O–H groups in total. The normalized spacial score (nSPS) is 24.0. The van der Waals surface area contributed by atoms with Crippen molar-refractivity contribution in [1.29, 1.82) is 0 Å². The molecule has 0 saturated carbocycles. The predicted octanol–water partition coefficient (Wildman–Crippen LogP) is 6.75. The molecule has 34 heavy (non-hydrogen) atoms. The van der Waals surface area contributed by atoms with Gasteiger partial charge in [-0.15, -0.1) is 0 Å². The number of amides is 1. The summed E-state index contributed by atoms with van der Waals surface area (Å²) in [6.45, 7) is 1.45. The lowest BCUT2D eigenvalue weighted by Gasteiger charge is -2.27. The molecule has 2 aromatic rings. The van der Waals surface area contributed by atoms with E-state index >= 15 is 0 Å². The van der Waals surface area contributed by atoms with Crippen molar-refractivity contribution < 1.29 is 40.3 Å². The molecule has 2 heterocycles. The second kappa shape index (κ2) is 8.71. The third-order valence-corrected chi connectivity index (χ3v) is 6.67. The third-order valence-electron chi connectivity index (χ3n) is 6.35. The van der Waals surface area contributed by atoms with Crippen molar-refractivity contribution in [3.05, 3.63) is 69.5 Å². The van der Waals surface area contributed by atoms with Gasteiger partial charge in [-0.3, -0.25) is 4.79 Å². The number of halogens is 8. The molecule has 1 unspecified atom stereocenters. The predicted molar refractivity (Wildman–Crippen MR) is 109 cm³/mol. The molecule has 0 bridgehead atoms. The highest BCUT2D eigenvalue weighted by Crippen LogP contribution is 2.45. The van der Waals surface area contributed by atoms with Gasteiger partial charge in [-0.05, 0) is 54.8 Å². The molecule has 2 saturated heterocycles. The zero-order valence-corrected chi connectivity index (χ0v) is 18.4. The van der Waals surface area contributed by atoms with Crippen molar-refractivity contribution in [1.82, 2.24) is 4.90 Å². The van der Waals surface area contributed by atoms with Crippen molar-refractivity contribution in [2.75, 3.05) is 6.54 Å². The number of benzene rings is 2. The number of hydrogen-bond donors (Lipinski definition) is 0. The van der Waals surface area contributed by atoms with E-state index in [1.165, 1.54) is 19.1 Å². The fourth-order valence-electron chi connectivity index (χ4n) is 4.78. The number of nitrogens with zero attached hydrogens (tertiary/aromatic N) is 1. The lowest BCUT2D eigenvalue weighted by atomic mass is 9.88. The fourth-order valence-corrected chi connectivity index (χ4v) is 5.08. The van der Waals surface area contributed by atoms with Crippen LogP contribution >= 0.6 is 11.6 Å². The van der Waals surface area contributed by atoms with E-state index in [1.807, 2.05) is 0 Å². The first-order valence-electron chi connectivity index (χ1n) is 10.4. The number of carbonyl (C=O) groups excluding carboxylic acids is 1. The highest BCUT2D eigenvalue weighted by atomic mass is 35.5. The van der Waals surface area contributed by atoms with Crippen molar-refractivity contribution in [2.45, 2.75) is 56.3 Å². The Morgan fingerprint density at radius 2 is 1.65 bits per heavy atom. The van der Waals surface area contributed by atoms with Crippen LogP contribution in [-0.4, -0.2) is 29.5 Å². The second-order valence-electron chi connectivity index (χ2n) is 8.50. The second-order valence-corrected chi connectivity index (χ2v) is 8.91. The molecule has 0 radical (unpaired) electrons. The van der Waals surface area contributed by atoms with E-state index in [1.54, 1.807) is 4.90 Å². The topological polar surface area (TPSA) is 29.5 Å². The van der Waals surface area contributed by atoms with E-state index in [-0.39, 0.29) is 35.1 Å². The summed E-state index contributed by atoms with van der Waals surface area (Å²) in [5, 5.41) is 0.103. The first kappa shape index (κ1) is 24.8. The van der Waals surface area contributed by atoms with Crippen LogP contribution in [0.3, 0.4) is 0 Å². The van der Waals surface area contributed by atoms with Gasteiger partial charge in [0.1, 0.15) is 5.82 Å². The maximum Gasteiger partial charge on any atom is 0.416 e. The number of fused-ring (bicyclic) bond motifs is 1. The maximum absolute atomic E-state index is 13.6. The summed E-state index contributed by atoms with van der Waals surface area (Å²) in [6.07, 6.45) is -11.1. The Labute approximate surface area is 195 Å². The van der Waals surface area contributed by atoms with Crippen molar-refractivity contribution in [3.8, 4) is 0 Å². The van der Waals surface area contributed by atoms with E-state index in [2.05, 4.69) is 0 Å². The Bertz CT molecular complexity index is 1070. The van der Waals surface area contributed by atoms with Crippen LogP contribution in [0.15, 0.2) is 36.4 Å². The summed E-state index contributed by atoms with van der Waals surface area (Å²) >= 11 is 6.25. The van der Waals surface area contributed by atoms with Gasteiger partial charge in [-0.25, -0.2) is 4.39 Å². The summed E-state index contributed by atoms with van der Waals surface area (Å²) in [5.41, 5.74) is -2.67. The van der Waals surface area contributed by atoms with Gasteiger partial charge in [-0.1, -0.05) is 17.7 Å². The number of rotatable bonds is 4. The van der Waals surface area contributed by atoms with E-state index in [0.717, 1.165) is 6.07 Å². The summed E-state index contributed by atoms with van der Waals surface area (Å²) in [6, 6.07) is 4.76. The Hall–Kier alpha value is -2.33. The molecule has 0 aliphatic carbocycles. The van der Waals surface area contributed by atoms with Crippen LogP contribution in [0.1, 0.15) is 54.0 Å². The number of ether oxygens (including phenoxy) is 1. The Morgan fingerprint density at radius 3 is 2.21 bits per heavy atom. The third kappa shape index (κ3) is 4.75. The summed E-state index contributed by atoms with van der Waals surface area (Å²) < 4.78 is 99.2. The largest absolute Gasteiger partial charge is 0.416 e. The van der Waals surface area contributed by atoms with Crippen LogP contribution in [0.5, 0.6) is 0 Å². The SMILES string of the molecule is C[C@@H](O[C@H]1CN2C(=O)CCC2[C@@H]1c1ccc(F)cc1Cl)c1cc(C(F)(F)F)cc(C(F)(F)F)c1. The smallest absolute Gasteiger partial charge is 0.368 e. The highest BCUT2D eigenvalue weighted by Gasteiger charge is 2.49. The number of hydrogen-bond acceptors (Lipinski definition) is 2. The van der Waals surface area contributed by atoms with Crippen LogP contribution in [0.4, 0.5) is 30.7 Å². The average molecular weight is 510 g/mol. The molecule has 2 aliphatic heterocycles. The monoisotopic (exact) mass is 509 g/mol. The van der Waals surface area contributed by atoms with Gasteiger partial charge in [-0.2, -0.15) is 26.3 Å². The quantitative estimate of drug-likeness (QED) is 0.427. The van der Waals surface area contributed by atoms with E-state index < -0.39 is 47.4 Å². The Balaban J connectivity index is 1.68. The zero-order chi connectivity index (χ0) is 25.0. The van der Waals surface area contributed by atoms with E-state index in [0.29, 0.717) is 30.5 Å². The van der Waals surface area contributed by atoms with Crippen molar-refractivity contribution >= 4 is 17.5 Å². The number of alkyl halides is 6. The van der Waals surface area contributed by atoms with Crippen LogP contribution in [0, 0.1) is 5.82 Å². The lowest BCUT2D eigenvalue weighted by Crippen LogP contribution is -2.29. The minimum atomic E-state index is -4.98. The van der Waals surface area contributed by atoms with Crippen LogP contribution in [-0.2, 0) is 21.9 Å². The molecule has 4 rings (SSSR count). The van der Waals surface area contributed by atoms with Gasteiger partial charge in [0, 0.05) is 29.9 Å². The van der Waals surface area contributed by atoms with Gasteiger partial charge in [0.2, 0.25) is 5.91 Å². The molecule has 1 amide bonds. The molecule has 2 aromatic carbocycles. The fraction of sp³-hybridized carbons (Fsp3) is 0.435. The van der Waals surface area contributed by atoms with Gasteiger partial charge in [0.25, 0.3) is 0 Å². The lowest BCUT2D eigenvalue weighted by molar-refractivity contribution is -0.143. The Morgan fingerprint density at radius 1 is 1.03 bits per heavy atom. The van der Waals surface area contributed by atoms with Crippen molar-refractivity contribution in [3.63, 3.8) is 0 Å². The molecule has 2 aliphatic rings. The zero-order valence-electron chi connectivity index (χ0n) is 17.7. The van der Waals surface area contributed by atoms with E-state index in [9.17, 15) is 35.5 Å². The molecule has 184 valence electrons. The highest BCUT2D eigenvalue weighted by molar-refractivity contribution is 6.31. The van der Waals surface area contributed by atoms with Crippen LogP contribution in [0.2, 0.25) is 5.02 Å². The molecule has 0 spiro atoms. The van der Waals surface area contributed by atoms with Gasteiger partial charge in [0.15, 0.2) is 0 Å². The summed E-state index contributed by atoms with van der Waals surface area (Å²) in [4.78, 5) is 13.9. The van der Waals surface area contributed by atoms with Crippen molar-refractivity contribution in [2.24, 2.45) is 0 Å². The van der Waals surface area contributed by atoms with Crippen LogP contribution in [0.25, 0.3) is 0 Å². The van der Waals surface area contributed by atoms with Gasteiger partial charge in [0.05, 0.1) is 23.3 Å². The first-order valence-corrected chi connectivity index (χ1v) is 10.8. The molecule has 2 fully saturated rings. The summed E-state index contributed by atoms with van der Waals surface area (Å²) in [7, 11) is 0. The first-order chi connectivity index (χ1) is 15.8. The minimum Gasteiger partial charge on any atom is -0.368 e. The average Bonchev–Trinajstić information content (AvgIpc) is 3.26. The molecule has 3 nitrogen and oxygen atoms in total. The Kier molecular flexibility index (Phi) is 6.35. The molecule has 4 atom stereocenters. The standard InChI is InChI=1S/C23H19ClF7NO2/c1-11(12-6-13(22(26,27)28)8-14(7-12)23(29,30)31)34-19-10-32-18(4-5-20(32)33)21(19)16-3-2-15(25)9-17(16)24/h2-3,6-9,11,18-19,21H,4-5,10H2,1H3/t11-,18?,19+,21+/m1/s1. The van der Waals surface area contributed by atoms with Crippen LogP contribution < -0.4 is 0 Å². The number of carbonyl (C=O) groups is 1. The molecule has 0 aromatic heterocycles. The molecular formula is C23H19ClF7NO2. The molecular weight excluding hydrogens is 491 g/mol. The minimum absolute atomic E-state index is 0.0572. The molecule has 11 heteroatoms. The van der Waals surface area contributed by atoms with E-state index in [4.69, 9.17) is 16.3 Å². The maximum atomic E-state index is 13.6.